The van der Waals surface area contributed by atoms with E-state index in [9.17, 15) is 14.4 Å². The van der Waals surface area contributed by atoms with Crippen LogP contribution in [-0.4, -0.2) is 83.3 Å². The van der Waals surface area contributed by atoms with Gasteiger partial charge in [-0.15, -0.1) is 0 Å². The highest BCUT2D eigenvalue weighted by Gasteiger charge is 2.36. The lowest BCUT2D eigenvalue weighted by molar-refractivity contribution is -0.140. The number of carbonyl (C=O) groups is 3. The van der Waals surface area contributed by atoms with Crippen molar-refractivity contribution in [1.29, 1.82) is 0 Å². The summed E-state index contributed by atoms with van der Waals surface area (Å²) >= 11 is 0. The molecule has 0 radical (unpaired) electrons. The third-order valence-electron chi connectivity index (χ3n) is 7.62. The van der Waals surface area contributed by atoms with Gasteiger partial charge in [-0.3, -0.25) is 19.3 Å². The molecular weight excluding hydrogens is 440 g/mol. The zero-order valence-electron chi connectivity index (χ0n) is 23.5. The van der Waals surface area contributed by atoms with E-state index in [0.29, 0.717) is 5.57 Å². The molecule has 1 N–H and O–H groups in total. The molecule has 1 unspecified atom stereocenters. The van der Waals surface area contributed by atoms with Gasteiger partial charge in [-0.05, 0) is 71.3 Å². The second kappa shape index (κ2) is 13.4. The summed E-state index contributed by atoms with van der Waals surface area (Å²) in [5, 5.41) is 3.11. The number of hydrogen-bond acceptors (Lipinski definition) is 4. The Labute approximate surface area is 213 Å². The predicted molar refractivity (Wildman–Crippen MR) is 142 cm³/mol. The lowest BCUT2D eigenvalue weighted by atomic mass is 9.95. The number of carbonyl (C=O) groups excluding carboxylic acids is 3. The van der Waals surface area contributed by atoms with Crippen LogP contribution in [0, 0.1) is 11.8 Å². The Balaban J connectivity index is 2.17. The quantitative estimate of drug-likeness (QED) is 0.499. The van der Waals surface area contributed by atoms with Crippen LogP contribution in [0.4, 0.5) is 0 Å². The van der Waals surface area contributed by atoms with Crippen molar-refractivity contribution in [3.05, 3.63) is 11.6 Å². The van der Waals surface area contributed by atoms with E-state index in [2.05, 4.69) is 37.9 Å². The van der Waals surface area contributed by atoms with Gasteiger partial charge in [0, 0.05) is 31.8 Å². The first-order chi connectivity index (χ1) is 16.5. The van der Waals surface area contributed by atoms with Crippen molar-refractivity contribution < 1.29 is 14.4 Å². The van der Waals surface area contributed by atoms with Gasteiger partial charge in [0.2, 0.25) is 17.7 Å². The SMILES string of the molecule is CC(=C[C@H](C(C)C)N(C)C(=O)[C@@H](NC(=O)C1CCCCN1C(C)C)C(C)C)C(=O)N1CCCCC1. The van der Waals surface area contributed by atoms with Gasteiger partial charge in [0.25, 0.3) is 0 Å². The maximum atomic E-state index is 13.7. The average molecular weight is 491 g/mol. The van der Waals surface area contributed by atoms with Crippen molar-refractivity contribution >= 4 is 17.7 Å². The number of piperidine rings is 2. The maximum Gasteiger partial charge on any atom is 0.249 e. The van der Waals surface area contributed by atoms with Crippen LogP contribution in [0.3, 0.4) is 0 Å². The second-order valence-corrected chi connectivity index (χ2v) is 11.5. The second-order valence-electron chi connectivity index (χ2n) is 11.5. The molecule has 0 saturated carbocycles. The summed E-state index contributed by atoms with van der Waals surface area (Å²) in [4.78, 5) is 45.9. The van der Waals surface area contributed by atoms with E-state index in [-0.39, 0.29) is 47.7 Å². The van der Waals surface area contributed by atoms with Gasteiger partial charge >= 0.3 is 0 Å². The van der Waals surface area contributed by atoms with Crippen LogP contribution in [0.25, 0.3) is 0 Å². The van der Waals surface area contributed by atoms with Gasteiger partial charge in [0.15, 0.2) is 0 Å². The molecule has 200 valence electrons. The van der Waals surface area contributed by atoms with Crippen LogP contribution in [0.2, 0.25) is 0 Å². The Kier molecular flexibility index (Phi) is 11.3. The summed E-state index contributed by atoms with van der Waals surface area (Å²) in [5.74, 6) is 0.000526. The van der Waals surface area contributed by atoms with Crippen molar-refractivity contribution in [2.75, 3.05) is 26.7 Å². The molecule has 7 nitrogen and oxygen atoms in total. The minimum absolute atomic E-state index is 0.0436. The predicted octanol–water partition coefficient (Wildman–Crippen LogP) is 3.83. The Morgan fingerprint density at radius 2 is 1.49 bits per heavy atom. The fraction of sp³-hybridized carbons (Fsp3) is 0.821. The molecule has 2 aliphatic heterocycles. The first kappa shape index (κ1) is 29.3. The Hall–Kier alpha value is -1.89. The minimum atomic E-state index is -0.601. The third-order valence-corrected chi connectivity index (χ3v) is 7.62. The number of likely N-dealkylation sites (tertiary alicyclic amines) is 2. The van der Waals surface area contributed by atoms with Crippen molar-refractivity contribution in [2.24, 2.45) is 11.8 Å². The standard InChI is InChI=1S/C28H50N4O3/c1-19(2)24(18-22(7)27(34)31-15-11-9-12-16-31)30(8)28(35)25(20(3)4)29-26(33)23-14-10-13-17-32(23)21(5)6/h18-21,23-25H,9-17H2,1-8H3,(H,29,33)/t23?,24-,25+/m1/s1. The fourth-order valence-corrected chi connectivity index (χ4v) is 5.41. The summed E-state index contributed by atoms with van der Waals surface area (Å²) in [7, 11) is 1.80. The first-order valence-electron chi connectivity index (χ1n) is 13.8. The van der Waals surface area contributed by atoms with Crippen LogP contribution in [0.1, 0.15) is 87.0 Å². The summed E-state index contributed by atoms with van der Waals surface area (Å²) < 4.78 is 0. The molecular formula is C28H50N4O3. The van der Waals surface area contributed by atoms with E-state index in [0.717, 1.165) is 51.7 Å². The summed E-state index contributed by atoms with van der Waals surface area (Å²) in [6, 6.07) is -0.724. The largest absolute Gasteiger partial charge is 0.343 e. The fourth-order valence-electron chi connectivity index (χ4n) is 5.41. The highest BCUT2D eigenvalue weighted by Crippen LogP contribution is 2.22. The Morgan fingerprint density at radius 1 is 0.886 bits per heavy atom. The summed E-state index contributed by atoms with van der Waals surface area (Å²) in [6.45, 7) is 16.7. The van der Waals surface area contributed by atoms with Crippen molar-refractivity contribution in [3.63, 3.8) is 0 Å². The molecule has 0 aromatic carbocycles. The van der Waals surface area contributed by atoms with E-state index in [1.165, 1.54) is 6.42 Å². The minimum Gasteiger partial charge on any atom is -0.343 e. The molecule has 0 aromatic heterocycles. The van der Waals surface area contributed by atoms with E-state index >= 15 is 0 Å². The van der Waals surface area contributed by atoms with Crippen LogP contribution in [-0.2, 0) is 14.4 Å². The van der Waals surface area contributed by atoms with E-state index in [4.69, 9.17) is 0 Å². The van der Waals surface area contributed by atoms with E-state index < -0.39 is 6.04 Å². The normalized spacial score (nSPS) is 21.9. The highest BCUT2D eigenvalue weighted by atomic mass is 16.2. The molecule has 2 saturated heterocycles. The lowest BCUT2D eigenvalue weighted by Crippen LogP contribution is -2.58. The van der Waals surface area contributed by atoms with Crippen molar-refractivity contribution in [2.45, 2.75) is 111 Å². The number of rotatable bonds is 9. The zero-order valence-corrected chi connectivity index (χ0v) is 23.5. The van der Waals surface area contributed by atoms with Gasteiger partial charge in [-0.25, -0.2) is 0 Å². The molecule has 7 heteroatoms. The lowest BCUT2D eigenvalue weighted by Gasteiger charge is -2.39. The van der Waals surface area contributed by atoms with E-state index in [1.807, 2.05) is 31.7 Å². The first-order valence-corrected chi connectivity index (χ1v) is 13.8. The van der Waals surface area contributed by atoms with Crippen LogP contribution < -0.4 is 5.32 Å². The van der Waals surface area contributed by atoms with Gasteiger partial charge in [-0.2, -0.15) is 0 Å². The number of amides is 3. The van der Waals surface area contributed by atoms with Gasteiger partial charge in [0.1, 0.15) is 6.04 Å². The molecule has 0 bridgehead atoms. The van der Waals surface area contributed by atoms with Crippen molar-refractivity contribution in [3.8, 4) is 0 Å². The molecule has 35 heavy (non-hydrogen) atoms. The monoisotopic (exact) mass is 490 g/mol. The van der Waals surface area contributed by atoms with Gasteiger partial charge in [0.05, 0.1) is 12.1 Å². The Morgan fingerprint density at radius 3 is 2.03 bits per heavy atom. The molecule has 2 aliphatic rings. The number of nitrogens with zero attached hydrogens (tertiary/aromatic N) is 3. The molecule has 2 heterocycles. The Bertz CT molecular complexity index is 755. The van der Waals surface area contributed by atoms with E-state index in [1.54, 1.807) is 11.9 Å². The molecule has 0 aromatic rings. The maximum absolute atomic E-state index is 13.7. The van der Waals surface area contributed by atoms with Gasteiger partial charge in [-0.1, -0.05) is 40.2 Å². The topological polar surface area (TPSA) is 73.0 Å². The zero-order chi connectivity index (χ0) is 26.3. The number of nitrogens with one attached hydrogen (secondary N) is 1. The van der Waals surface area contributed by atoms with Crippen LogP contribution in [0.15, 0.2) is 11.6 Å². The van der Waals surface area contributed by atoms with Gasteiger partial charge < -0.3 is 15.1 Å². The van der Waals surface area contributed by atoms with Crippen LogP contribution in [0.5, 0.6) is 0 Å². The molecule has 3 atom stereocenters. The van der Waals surface area contributed by atoms with Crippen LogP contribution >= 0.6 is 0 Å². The molecule has 0 aliphatic carbocycles. The third kappa shape index (κ3) is 7.80. The smallest absolute Gasteiger partial charge is 0.249 e. The molecule has 3 amide bonds. The summed E-state index contributed by atoms with van der Waals surface area (Å²) in [6.07, 6.45) is 8.19. The number of hydrogen-bond donors (Lipinski definition) is 1. The highest BCUT2D eigenvalue weighted by molar-refractivity contribution is 5.93. The molecule has 2 fully saturated rings. The molecule has 2 rings (SSSR count). The summed E-state index contributed by atoms with van der Waals surface area (Å²) in [5.41, 5.74) is 0.685. The average Bonchev–Trinajstić information content (AvgIpc) is 2.84. The number of likely N-dealkylation sites (N-methyl/N-ethyl adjacent to an activating group) is 1. The van der Waals surface area contributed by atoms with Crippen molar-refractivity contribution in [1.82, 2.24) is 20.0 Å². The molecule has 0 spiro atoms.